The molecule has 2 aliphatic heterocycles. The highest BCUT2D eigenvalue weighted by atomic mass is 16.5. The Balaban J connectivity index is 1.45. The van der Waals surface area contributed by atoms with Crippen LogP contribution in [0.1, 0.15) is 12.8 Å². The van der Waals surface area contributed by atoms with Crippen molar-refractivity contribution in [2.24, 2.45) is 5.92 Å². The lowest BCUT2D eigenvalue weighted by molar-refractivity contribution is -0.140. The number of nitrogens with zero attached hydrogens (tertiary/aromatic N) is 4. The minimum absolute atomic E-state index is 0.0441. The molecule has 1 aromatic heterocycles. The van der Waals surface area contributed by atoms with Crippen LogP contribution in [0.25, 0.3) is 10.8 Å². The first kappa shape index (κ1) is 15.3. The van der Waals surface area contributed by atoms with Crippen LogP contribution >= 0.6 is 0 Å². The third-order valence-electron chi connectivity index (χ3n) is 4.95. The average Bonchev–Trinajstić information content (AvgIpc) is 2.68. The number of ether oxygens (including phenoxy) is 1. The Hall–Kier alpha value is -2.21. The van der Waals surface area contributed by atoms with E-state index in [4.69, 9.17) is 4.74 Å². The van der Waals surface area contributed by atoms with Crippen molar-refractivity contribution in [3.8, 4) is 0 Å². The fourth-order valence-electron chi connectivity index (χ4n) is 3.58. The van der Waals surface area contributed by atoms with Gasteiger partial charge in [-0.2, -0.15) is 5.10 Å². The zero-order valence-electron chi connectivity index (χ0n) is 13.7. The molecule has 1 unspecified atom stereocenters. The van der Waals surface area contributed by atoms with Crippen molar-refractivity contribution in [1.29, 1.82) is 0 Å². The Morgan fingerprint density at radius 1 is 1.17 bits per heavy atom. The second-order valence-electron chi connectivity index (χ2n) is 6.48. The summed E-state index contributed by atoms with van der Waals surface area (Å²) < 4.78 is 5.46. The summed E-state index contributed by atoms with van der Waals surface area (Å²) in [4.78, 5) is 16.8. The maximum Gasteiger partial charge on any atom is 0.228 e. The topological polar surface area (TPSA) is 58.6 Å². The quantitative estimate of drug-likeness (QED) is 0.841. The van der Waals surface area contributed by atoms with Gasteiger partial charge in [0.1, 0.15) is 0 Å². The van der Waals surface area contributed by atoms with Crippen molar-refractivity contribution in [3.05, 3.63) is 30.5 Å². The van der Waals surface area contributed by atoms with Crippen LogP contribution in [0.5, 0.6) is 0 Å². The monoisotopic (exact) mass is 326 g/mol. The molecule has 0 radical (unpaired) electrons. The van der Waals surface area contributed by atoms with Gasteiger partial charge < -0.3 is 14.5 Å². The smallest absolute Gasteiger partial charge is 0.228 e. The highest BCUT2D eigenvalue weighted by molar-refractivity contribution is 5.91. The van der Waals surface area contributed by atoms with Crippen LogP contribution in [0, 0.1) is 5.92 Å². The molecule has 6 nitrogen and oxygen atoms in total. The van der Waals surface area contributed by atoms with Crippen molar-refractivity contribution >= 4 is 22.5 Å². The molecular formula is C18H22N4O2. The first-order chi connectivity index (χ1) is 11.8. The third kappa shape index (κ3) is 2.94. The number of benzene rings is 1. The van der Waals surface area contributed by atoms with Gasteiger partial charge in [-0.1, -0.05) is 24.3 Å². The van der Waals surface area contributed by atoms with E-state index in [1.165, 1.54) is 0 Å². The molecule has 4 rings (SSSR count). The van der Waals surface area contributed by atoms with Crippen LogP contribution in [-0.2, 0) is 9.53 Å². The van der Waals surface area contributed by atoms with Crippen LogP contribution in [-0.4, -0.2) is 60.4 Å². The molecule has 2 aliphatic rings. The van der Waals surface area contributed by atoms with Crippen LogP contribution in [0.15, 0.2) is 30.5 Å². The molecule has 24 heavy (non-hydrogen) atoms. The molecule has 3 heterocycles. The molecule has 2 aromatic rings. The zero-order chi connectivity index (χ0) is 16.4. The Morgan fingerprint density at radius 2 is 2.00 bits per heavy atom. The number of carbonyl (C=O) groups excluding carboxylic acids is 1. The Morgan fingerprint density at radius 3 is 2.79 bits per heavy atom. The zero-order valence-corrected chi connectivity index (χ0v) is 13.7. The predicted molar refractivity (Wildman–Crippen MR) is 91.9 cm³/mol. The van der Waals surface area contributed by atoms with Gasteiger partial charge in [0.15, 0.2) is 5.82 Å². The number of carbonyl (C=O) groups is 1. The summed E-state index contributed by atoms with van der Waals surface area (Å²) in [5.74, 6) is 1.21. The van der Waals surface area contributed by atoms with Crippen molar-refractivity contribution < 1.29 is 9.53 Å². The molecule has 1 aromatic carbocycles. The normalized spacial score (nSPS) is 21.9. The summed E-state index contributed by atoms with van der Waals surface area (Å²) in [7, 11) is 0. The predicted octanol–water partition coefficient (Wildman–Crippen LogP) is 1.70. The van der Waals surface area contributed by atoms with Gasteiger partial charge in [0.05, 0.1) is 18.7 Å². The van der Waals surface area contributed by atoms with Crippen LogP contribution < -0.4 is 4.90 Å². The molecule has 2 fully saturated rings. The van der Waals surface area contributed by atoms with Gasteiger partial charge in [-0.15, -0.1) is 5.10 Å². The van der Waals surface area contributed by atoms with Gasteiger partial charge >= 0.3 is 0 Å². The first-order valence-corrected chi connectivity index (χ1v) is 8.65. The largest absolute Gasteiger partial charge is 0.381 e. The molecule has 126 valence electrons. The fraction of sp³-hybridized carbons (Fsp3) is 0.500. The molecule has 0 aliphatic carbocycles. The number of hydrogen-bond donors (Lipinski definition) is 0. The number of rotatable bonds is 2. The van der Waals surface area contributed by atoms with E-state index in [1.807, 2.05) is 17.0 Å². The maximum absolute atomic E-state index is 12.6. The molecular weight excluding hydrogens is 304 g/mol. The van der Waals surface area contributed by atoms with E-state index in [0.717, 1.165) is 62.2 Å². The van der Waals surface area contributed by atoms with E-state index in [2.05, 4.69) is 27.2 Å². The number of aromatic nitrogens is 2. The standard InChI is InChI=1S/C18H22N4O2/c23-18(15-5-3-11-24-13-15)22-9-7-21(8-10-22)17-16-6-2-1-4-14(16)12-19-20-17/h1-2,4,6,12,15H,3,5,7-11,13H2. The summed E-state index contributed by atoms with van der Waals surface area (Å²) in [6, 6.07) is 8.17. The Kier molecular flexibility index (Phi) is 4.30. The lowest BCUT2D eigenvalue weighted by Crippen LogP contribution is -2.51. The Labute approximate surface area is 141 Å². The molecule has 2 saturated heterocycles. The second-order valence-corrected chi connectivity index (χ2v) is 6.48. The summed E-state index contributed by atoms with van der Waals surface area (Å²) >= 11 is 0. The molecule has 0 saturated carbocycles. The van der Waals surface area contributed by atoms with E-state index in [9.17, 15) is 4.79 Å². The second kappa shape index (κ2) is 6.73. The van der Waals surface area contributed by atoms with E-state index >= 15 is 0 Å². The molecule has 6 heteroatoms. The fourth-order valence-corrected chi connectivity index (χ4v) is 3.58. The third-order valence-corrected chi connectivity index (χ3v) is 4.95. The van der Waals surface area contributed by atoms with Crippen molar-refractivity contribution in [3.63, 3.8) is 0 Å². The highest BCUT2D eigenvalue weighted by Gasteiger charge is 2.29. The van der Waals surface area contributed by atoms with Gasteiger partial charge in [-0.3, -0.25) is 4.79 Å². The van der Waals surface area contributed by atoms with Gasteiger partial charge in [0.25, 0.3) is 0 Å². The summed E-state index contributed by atoms with van der Waals surface area (Å²) in [5, 5.41) is 10.7. The van der Waals surface area contributed by atoms with Gasteiger partial charge in [-0.25, -0.2) is 0 Å². The van der Waals surface area contributed by atoms with Crippen LogP contribution in [0.3, 0.4) is 0 Å². The van der Waals surface area contributed by atoms with Crippen LogP contribution in [0.4, 0.5) is 5.82 Å². The lowest BCUT2D eigenvalue weighted by atomic mass is 10.0. The van der Waals surface area contributed by atoms with Gasteiger partial charge in [0.2, 0.25) is 5.91 Å². The molecule has 0 bridgehead atoms. The van der Waals surface area contributed by atoms with E-state index in [1.54, 1.807) is 6.20 Å². The van der Waals surface area contributed by atoms with Crippen molar-refractivity contribution in [2.75, 3.05) is 44.3 Å². The van der Waals surface area contributed by atoms with E-state index in [0.29, 0.717) is 6.61 Å². The Bertz CT molecular complexity index is 717. The molecule has 1 amide bonds. The summed E-state index contributed by atoms with van der Waals surface area (Å²) in [5.41, 5.74) is 0. The molecule has 0 N–H and O–H groups in total. The average molecular weight is 326 g/mol. The number of amides is 1. The van der Waals surface area contributed by atoms with Crippen molar-refractivity contribution in [2.45, 2.75) is 12.8 Å². The van der Waals surface area contributed by atoms with Crippen LogP contribution in [0.2, 0.25) is 0 Å². The summed E-state index contributed by atoms with van der Waals surface area (Å²) in [6.07, 6.45) is 3.73. The number of anilines is 1. The van der Waals surface area contributed by atoms with Gasteiger partial charge in [0, 0.05) is 43.6 Å². The highest BCUT2D eigenvalue weighted by Crippen LogP contribution is 2.25. The summed E-state index contributed by atoms with van der Waals surface area (Å²) in [6.45, 7) is 4.43. The molecule has 1 atom stereocenters. The lowest BCUT2D eigenvalue weighted by Gasteiger charge is -2.37. The minimum Gasteiger partial charge on any atom is -0.381 e. The number of piperazine rings is 1. The molecule has 0 spiro atoms. The van der Waals surface area contributed by atoms with Crippen molar-refractivity contribution in [1.82, 2.24) is 15.1 Å². The SMILES string of the molecule is O=C(C1CCCOC1)N1CCN(c2nncc3ccccc23)CC1. The minimum atomic E-state index is 0.0441. The maximum atomic E-state index is 12.6. The van der Waals surface area contributed by atoms with E-state index < -0.39 is 0 Å². The van der Waals surface area contributed by atoms with E-state index in [-0.39, 0.29) is 11.8 Å². The van der Waals surface area contributed by atoms with Gasteiger partial charge in [-0.05, 0) is 12.8 Å². The first-order valence-electron chi connectivity index (χ1n) is 8.65. The number of fused-ring (bicyclic) bond motifs is 1. The number of hydrogen-bond acceptors (Lipinski definition) is 5.